The number of hydrogen-bond donors (Lipinski definition) is 0. The van der Waals surface area contributed by atoms with Crippen molar-refractivity contribution in [2.75, 3.05) is 14.2 Å². The number of hydrogen-bond acceptors (Lipinski definition) is 4. The molecule has 0 N–H and O–H groups in total. The molecule has 4 rings (SSSR count). The number of furan rings is 2. The smallest absolute Gasteiger partial charge is 0.216 e. The van der Waals surface area contributed by atoms with Gasteiger partial charge in [-0.2, -0.15) is 0 Å². The van der Waals surface area contributed by atoms with Gasteiger partial charge in [0.25, 0.3) is 0 Å². The first-order valence-corrected chi connectivity index (χ1v) is 7.34. The summed E-state index contributed by atoms with van der Waals surface area (Å²) in [5.41, 5.74) is 3.07. The molecule has 2 heterocycles. The number of ether oxygens (including phenoxy) is 2. The summed E-state index contributed by atoms with van der Waals surface area (Å²) in [6, 6.07) is 14.3. The summed E-state index contributed by atoms with van der Waals surface area (Å²) >= 11 is 0. The fourth-order valence-corrected chi connectivity index (χ4v) is 2.83. The van der Waals surface area contributed by atoms with Crippen molar-refractivity contribution >= 4 is 21.7 Å². The summed E-state index contributed by atoms with van der Waals surface area (Å²) in [6.45, 7) is 0. The van der Waals surface area contributed by atoms with Gasteiger partial charge in [0.15, 0.2) is 5.76 Å². The summed E-state index contributed by atoms with van der Waals surface area (Å²) < 4.78 is 21.5. The van der Waals surface area contributed by atoms with E-state index in [1.807, 2.05) is 18.2 Å². The van der Waals surface area contributed by atoms with E-state index in [0.29, 0.717) is 5.76 Å². The lowest BCUT2D eigenvalue weighted by Gasteiger charge is -2.08. The Bertz CT molecular complexity index is 960. The third-order valence-electron chi connectivity index (χ3n) is 4.01. The minimum atomic E-state index is -0.492. The van der Waals surface area contributed by atoms with E-state index in [9.17, 15) is 0 Å². The minimum Gasteiger partial charge on any atom is -0.471 e. The van der Waals surface area contributed by atoms with Crippen molar-refractivity contribution < 1.29 is 18.3 Å². The van der Waals surface area contributed by atoms with Crippen molar-refractivity contribution in [1.82, 2.24) is 0 Å². The molecule has 0 saturated heterocycles. The molecule has 23 heavy (non-hydrogen) atoms. The molecule has 0 aliphatic heterocycles. The van der Waals surface area contributed by atoms with Gasteiger partial charge in [-0.05, 0) is 35.4 Å². The second-order valence-corrected chi connectivity index (χ2v) is 5.42. The molecule has 0 unspecified atom stereocenters. The van der Waals surface area contributed by atoms with Crippen LogP contribution in [0, 0.1) is 0 Å². The lowest BCUT2D eigenvalue weighted by atomic mass is 10.0. The fourth-order valence-electron chi connectivity index (χ4n) is 2.83. The molecule has 2 aromatic carbocycles. The third kappa shape index (κ3) is 2.42. The minimum absolute atomic E-state index is 0.492. The van der Waals surface area contributed by atoms with Gasteiger partial charge in [-0.1, -0.05) is 18.2 Å². The zero-order valence-electron chi connectivity index (χ0n) is 12.9. The molecule has 4 heteroatoms. The molecule has 0 aliphatic rings. The average molecular weight is 308 g/mol. The molecule has 0 radical (unpaired) electrons. The molecule has 0 atom stereocenters. The summed E-state index contributed by atoms with van der Waals surface area (Å²) in [7, 11) is 3.18. The van der Waals surface area contributed by atoms with Gasteiger partial charge in [-0.15, -0.1) is 0 Å². The Morgan fingerprint density at radius 1 is 0.783 bits per heavy atom. The van der Waals surface area contributed by atoms with Crippen molar-refractivity contribution in [3.8, 4) is 11.1 Å². The molecule has 0 amide bonds. The van der Waals surface area contributed by atoms with Crippen LogP contribution in [0.3, 0.4) is 0 Å². The number of fused-ring (bicyclic) bond motifs is 2. The maximum absolute atomic E-state index is 5.80. The Kier molecular flexibility index (Phi) is 3.41. The van der Waals surface area contributed by atoms with E-state index in [1.165, 1.54) is 0 Å². The SMILES string of the molecule is COC(OC)c1cc2cc(-c3ccc4cocc4c3)ccc2o1. The van der Waals surface area contributed by atoms with Gasteiger partial charge in [0.05, 0.1) is 12.5 Å². The van der Waals surface area contributed by atoms with Gasteiger partial charge >= 0.3 is 0 Å². The Labute approximate surface area is 133 Å². The van der Waals surface area contributed by atoms with Crippen molar-refractivity contribution in [1.29, 1.82) is 0 Å². The lowest BCUT2D eigenvalue weighted by Crippen LogP contribution is -2.01. The normalized spacial score (nSPS) is 11.8. The lowest BCUT2D eigenvalue weighted by molar-refractivity contribution is -0.117. The summed E-state index contributed by atoms with van der Waals surface area (Å²) in [6.07, 6.45) is 3.02. The van der Waals surface area contributed by atoms with Crippen molar-refractivity contribution in [2.45, 2.75) is 6.29 Å². The van der Waals surface area contributed by atoms with E-state index in [0.717, 1.165) is 32.9 Å². The van der Waals surface area contributed by atoms with Gasteiger partial charge in [-0.25, -0.2) is 0 Å². The maximum atomic E-state index is 5.80. The van der Waals surface area contributed by atoms with Crippen LogP contribution >= 0.6 is 0 Å². The zero-order valence-corrected chi connectivity index (χ0v) is 12.9. The van der Waals surface area contributed by atoms with Gasteiger partial charge < -0.3 is 18.3 Å². The van der Waals surface area contributed by atoms with Gasteiger partial charge in [0.2, 0.25) is 6.29 Å². The molecule has 116 valence electrons. The van der Waals surface area contributed by atoms with Crippen LogP contribution in [-0.4, -0.2) is 14.2 Å². The van der Waals surface area contributed by atoms with Crippen molar-refractivity contribution in [3.63, 3.8) is 0 Å². The largest absolute Gasteiger partial charge is 0.471 e. The number of benzene rings is 2. The second-order valence-electron chi connectivity index (χ2n) is 5.42. The van der Waals surface area contributed by atoms with Crippen LogP contribution in [0.25, 0.3) is 32.9 Å². The quantitative estimate of drug-likeness (QED) is 0.490. The predicted octanol–water partition coefficient (Wildman–Crippen LogP) is 5.14. The van der Waals surface area contributed by atoms with E-state index in [1.54, 1.807) is 26.7 Å². The van der Waals surface area contributed by atoms with E-state index >= 15 is 0 Å². The van der Waals surface area contributed by atoms with Crippen LogP contribution in [-0.2, 0) is 9.47 Å². The Balaban J connectivity index is 1.78. The van der Waals surface area contributed by atoms with E-state index in [2.05, 4.69) is 24.3 Å². The highest BCUT2D eigenvalue weighted by Crippen LogP contribution is 2.31. The molecule has 0 saturated carbocycles. The number of methoxy groups -OCH3 is 2. The fraction of sp³-hybridized carbons (Fsp3) is 0.158. The zero-order chi connectivity index (χ0) is 15.8. The first-order chi connectivity index (χ1) is 11.3. The van der Waals surface area contributed by atoms with Crippen LogP contribution in [0.2, 0.25) is 0 Å². The highest BCUT2D eigenvalue weighted by Gasteiger charge is 2.15. The standard InChI is InChI=1S/C19H16O4/c1-20-19(21-2)18-9-15-7-13(5-6-17(15)23-18)12-3-4-14-10-22-11-16(14)8-12/h3-11,19H,1-2H3. The molecular formula is C19H16O4. The molecular weight excluding hydrogens is 292 g/mol. The van der Waals surface area contributed by atoms with Crippen molar-refractivity contribution in [3.05, 3.63) is 60.8 Å². The van der Waals surface area contributed by atoms with E-state index < -0.39 is 6.29 Å². The molecule has 0 spiro atoms. The van der Waals surface area contributed by atoms with Gasteiger partial charge in [0.1, 0.15) is 5.58 Å². The maximum Gasteiger partial charge on any atom is 0.216 e. The average Bonchev–Trinajstić information content (AvgIpc) is 3.21. The van der Waals surface area contributed by atoms with Crippen LogP contribution < -0.4 is 0 Å². The van der Waals surface area contributed by atoms with Gasteiger partial charge in [0, 0.05) is 30.4 Å². The molecule has 0 aliphatic carbocycles. The van der Waals surface area contributed by atoms with Crippen LogP contribution in [0.15, 0.2) is 63.8 Å². The highest BCUT2D eigenvalue weighted by molar-refractivity contribution is 5.89. The molecule has 0 fully saturated rings. The molecule has 4 nitrogen and oxygen atoms in total. The monoisotopic (exact) mass is 308 g/mol. The molecule has 0 bridgehead atoms. The first-order valence-electron chi connectivity index (χ1n) is 7.34. The Morgan fingerprint density at radius 2 is 1.48 bits per heavy atom. The van der Waals surface area contributed by atoms with Gasteiger partial charge in [-0.3, -0.25) is 0 Å². The third-order valence-corrected chi connectivity index (χ3v) is 4.01. The van der Waals surface area contributed by atoms with Crippen LogP contribution in [0.4, 0.5) is 0 Å². The first kappa shape index (κ1) is 14.1. The summed E-state index contributed by atoms with van der Waals surface area (Å²) in [5.74, 6) is 0.660. The van der Waals surface area contributed by atoms with E-state index in [-0.39, 0.29) is 0 Å². The Morgan fingerprint density at radius 3 is 2.26 bits per heavy atom. The summed E-state index contributed by atoms with van der Waals surface area (Å²) in [5, 5.41) is 3.21. The van der Waals surface area contributed by atoms with Crippen LogP contribution in [0.5, 0.6) is 0 Å². The summed E-state index contributed by atoms with van der Waals surface area (Å²) in [4.78, 5) is 0. The van der Waals surface area contributed by atoms with Crippen LogP contribution in [0.1, 0.15) is 12.1 Å². The topological polar surface area (TPSA) is 44.7 Å². The Hall–Kier alpha value is -2.56. The molecule has 4 aromatic rings. The van der Waals surface area contributed by atoms with E-state index in [4.69, 9.17) is 18.3 Å². The number of rotatable bonds is 4. The molecule has 2 aromatic heterocycles. The van der Waals surface area contributed by atoms with Crippen molar-refractivity contribution in [2.24, 2.45) is 0 Å². The highest BCUT2D eigenvalue weighted by atomic mass is 16.7. The predicted molar refractivity (Wildman–Crippen MR) is 88.2 cm³/mol. The second kappa shape index (κ2) is 5.57.